The number of piperidine rings is 1. The van der Waals surface area contributed by atoms with Crippen molar-refractivity contribution in [2.45, 2.75) is 45.7 Å². The fourth-order valence-electron chi connectivity index (χ4n) is 3.21. The highest BCUT2D eigenvalue weighted by Gasteiger charge is 2.29. The lowest BCUT2D eigenvalue weighted by atomic mass is 9.88. The van der Waals surface area contributed by atoms with Crippen molar-refractivity contribution in [3.63, 3.8) is 0 Å². The Morgan fingerprint density at radius 1 is 1.45 bits per heavy atom. The SMILES string of the molecule is CC[C@@H]1CN(C(C)=O)CC[C@H]1N[C@@H](C)c1ccc(C#N)cc1. The number of nitriles is 1. The first-order chi connectivity index (χ1) is 10.5. The molecule has 1 aliphatic rings. The molecule has 1 saturated heterocycles. The molecule has 1 aromatic carbocycles. The van der Waals surface area contributed by atoms with Crippen LogP contribution >= 0.6 is 0 Å². The van der Waals surface area contributed by atoms with Crippen molar-refractivity contribution in [3.8, 4) is 6.07 Å². The van der Waals surface area contributed by atoms with Crippen LogP contribution in [0.25, 0.3) is 0 Å². The summed E-state index contributed by atoms with van der Waals surface area (Å²) < 4.78 is 0. The first kappa shape index (κ1) is 16.5. The molecule has 0 aromatic heterocycles. The van der Waals surface area contributed by atoms with E-state index in [4.69, 9.17) is 5.26 Å². The van der Waals surface area contributed by atoms with Crippen LogP contribution in [-0.4, -0.2) is 29.9 Å². The van der Waals surface area contributed by atoms with E-state index >= 15 is 0 Å². The molecule has 2 rings (SSSR count). The lowest BCUT2D eigenvalue weighted by Crippen LogP contribution is -2.50. The summed E-state index contributed by atoms with van der Waals surface area (Å²) in [5.41, 5.74) is 1.89. The van der Waals surface area contributed by atoms with Crippen molar-refractivity contribution in [1.29, 1.82) is 5.26 Å². The molecular formula is C18H25N3O. The molecular weight excluding hydrogens is 274 g/mol. The van der Waals surface area contributed by atoms with Gasteiger partial charge in [-0.05, 0) is 37.0 Å². The van der Waals surface area contributed by atoms with Gasteiger partial charge in [0.15, 0.2) is 0 Å². The summed E-state index contributed by atoms with van der Waals surface area (Å²) >= 11 is 0. The Kier molecular flexibility index (Phi) is 5.57. The molecule has 0 saturated carbocycles. The van der Waals surface area contributed by atoms with E-state index in [2.05, 4.69) is 25.2 Å². The Hall–Kier alpha value is -1.86. The molecule has 4 heteroatoms. The second-order valence-electron chi connectivity index (χ2n) is 6.15. The maximum absolute atomic E-state index is 11.6. The summed E-state index contributed by atoms with van der Waals surface area (Å²) in [6.45, 7) is 7.69. The second-order valence-corrected chi connectivity index (χ2v) is 6.15. The van der Waals surface area contributed by atoms with Gasteiger partial charge >= 0.3 is 0 Å². The van der Waals surface area contributed by atoms with Crippen molar-refractivity contribution in [2.24, 2.45) is 5.92 Å². The van der Waals surface area contributed by atoms with Gasteiger partial charge in [-0.25, -0.2) is 0 Å². The van der Waals surface area contributed by atoms with Crippen LogP contribution in [0.4, 0.5) is 0 Å². The molecule has 1 aliphatic heterocycles. The van der Waals surface area contributed by atoms with E-state index in [1.54, 1.807) is 6.92 Å². The number of amides is 1. The van der Waals surface area contributed by atoms with Crippen LogP contribution < -0.4 is 5.32 Å². The van der Waals surface area contributed by atoms with E-state index in [9.17, 15) is 4.79 Å². The topological polar surface area (TPSA) is 56.1 Å². The zero-order valence-corrected chi connectivity index (χ0v) is 13.7. The molecule has 0 aliphatic carbocycles. The highest BCUT2D eigenvalue weighted by molar-refractivity contribution is 5.73. The lowest BCUT2D eigenvalue weighted by Gasteiger charge is -2.39. The van der Waals surface area contributed by atoms with Gasteiger partial charge in [0, 0.05) is 32.1 Å². The van der Waals surface area contributed by atoms with Gasteiger partial charge in [0.1, 0.15) is 0 Å². The zero-order chi connectivity index (χ0) is 16.1. The average Bonchev–Trinajstić information content (AvgIpc) is 2.55. The van der Waals surface area contributed by atoms with Gasteiger partial charge < -0.3 is 10.2 Å². The minimum Gasteiger partial charge on any atom is -0.343 e. The number of rotatable bonds is 4. The maximum atomic E-state index is 11.6. The third-order valence-electron chi connectivity index (χ3n) is 4.71. The normalized spacial score (nSPS) is 22.9. The van der Waals surface area contributed by atoms with E-state index < -0.39 is 0 Å². The number of carbonyl (C=O) groups excluding carboxylic acids is 1. The standard InChI is InChI=1S/C18H25N3O/c1-4-16-12-21(14(3)22)10-9-18(16)20-13(2)17-7-5-15(11-19)6-8-17/h5-8,13,16,18,20H,4,9-10,12H2,1-3H3/t13-,16+,18+/m0/s1. The van der Waals surface area contributed by atoms with Gasteiger partial charge in [-0.15, -0.1) is 0 Å². The van der Waals surface area contributed by atoms with E-state index in [-0.39, 0.29) is 11.9 Å². The highest BCUT2D eigenvalue weighted by atomic mass is 16.2. The van der Waals surface area contributed by atoms with Crippen LogP contribution in [-0.2, 0) is 4.79 Å². The smallest absolute Gasteiger partial charge is 0.219 e. The van der Waals surface area contributed by atoms with Crippen LogP contribution in [0, 0.1) is 17.2 Å². The Bertz CT molecular complexity index is 546. The fraction of sp³-hybridized carbons (Fsp3) is 0.556. The Labute approximate surface area is 133 Å². The van der Waals surface area contributed by atoms with Crippen molar-refractivity contribution in [3.05, 3.63) is 35.4 Å². The summed E-state index contributed by atoms with van der Waals surface area (Å²) in [4.78, 5) is 13.5. The molecule has 0 unspecified atom stereocenters. The molecule has 1 fully saturated rings. The van der Waals surface area contributed by atoms with E-state index in [0.717, 1.165) is 25.9 Å². The number of benzene rings is 1. The highest BCUT2D eigenvalue weighted by Crippen LogP contribution is 2.24. The molecule has 4 nitrogen and oxygen atoms in total. The summed E-state index contributed by atoms with van der Waals surface area (Å²) in [6.07, 6.45) is 2.07. The minimum absolute atomic E-state index is 0.178. The van der Waals surface area contributed by atoms with Gasteiger partial charge in [0.05, 0.1) is 11.6 Å². The first-order valence-corrected chi connectivity index (χ1v) is 8.06. The van der Waals surface area contributed by atoms with E-state index in [1.165, 1.54) is 5.56 Å². The fourth-order valence-corrected chi connectivity index (χ4v) is 3.21. The predicted octanol–water partition coefficient (Wildman–Crippen LogP) is 2.86. The van der Waals surface area contributed by atoms with Crippen LogP contribution in [0.3, 0.4) is 0 Å². The molecule has 0 spiro atoms. The van der Waals surface area contributed by atoms with E-state index in [1.807, 2.05) is 29.2 Å². The molecule has 118 valence electrons. The minimum atomic E-state index is 0.178. The van der Waals surface area contributed by atoms with Crippen LogP contribution in [0.5, 0.6) is 0 Å². The van der Waals surface area contributed by atoms with Gasteiger partial charge in [0.25, 0.3) is 0 Å². The maximum Gasteiger partial charge on any atom is 0.219 e. The predicted molar refractivity (Wildman–Crippen MR) is 87.1 cm³/mol. The van der Waals surface area contributed by atoms with Gasteiger partial charge in [-0.1, -0.05) is 25.5 Å². The van der Waals surface area contributed by atoms with Gasteiger partial charge in [-0.2, -0.15) is 5.26 Å². The zero-order valence-electron chi connectivity index (χ0n) is 13.7. The van der Waals surface area contributed by atoms with E-state index in [0.29, 0.717) is 17.5 Å². The number of hydrogen-bond donors (Lipinski definition) is 1. The number of nitrogens with one attached hydrogen (secondary N) is 1. The Morgan fingerprint density at radius 2 is 2.14 bits per heavy atom. The average molecular weight is 299 g/mol. The van der Waals surface area contributed by atoms with Crippen molar-refractivity contribution in [1.82, 2.24) is 10.2 Å². The number of carbonyl (C=O) groups is 1. The van der Waals surface area contributed by atoms with Crippen LogP contribution in [0.15, 0.2) is 24.3 Å². The summed E-state index contributed by atoms with van der Waals surface area (Å²) in [5, 5.41) is 12.6. The monoisotopic (exact) mass is 299 g/mol. The van der Waals surface area contributed by atoms with Crippen LogP contribution in [0.1, 0.15) is 50.8 Å². The van der Waals surface area contributed by atoms with Gasteiger partial charge in [-0.3, -0.25) is 4.79 Å². The largest absolute Gasteiger partial charge is 0.343 e. The number of likely N-dealkylation sites (tertiary alicyclic amines) is 1. The number of hydrogen-bond acceptors (Lipinski definition) is 3. The summed E-state index contributed by atoms with van der Waals surface area (Å²) in [7, 11) is 0. The molecule has 1 amide bonds. The third-order valence-corrected chi connectivity index (χ3v) is 4.71. The molecule has 3 atom stereocenters. The van der Waals surface area contributed by atoms with Crippen LogP contribution in [0.2, 0.25) is 0 Å². The number of nitrogens with zero attached hydrogens (tertiary/aromatic N) is 2. The molecule has 1 aromatic rings. The second kappa shape index (κ2) is 7.42. The van der Waals surface area contributed by atoms with Gasteiger partial charge in [0.2, 0.25) is 5.91 Å². The summed E-state index contributed by atoms with van der Waals surface area (Å²) in [6, 6.07) is 10.6. The molecule has 0 bridgehead atoms. The molecule has 22 heavy (non-hydrogen) atoms. The molecule has 0 radical (unpaired) electrons. The third kappa shape index (κ3) is 3.86. The lowest BCUT2D eigenvalue weighted by molar-refractivity contribution is -0.131. The quantitative estimate of drug-likeness (QED) is 0.930. The Balaban J connectivity index is 1.99. The van der Waals surface area contributed by atoms with Crippen molar-refractivity contribution >= 4 is 5.91 Å². The summed E-state index contributed by atoms with van der Waals surface area (Å²) in [5.74, 6) is 0.676. The molecule has 1 heterocycles. The van der Waals surface area contributed by atoms with Crippen molar-refractivity contribution < 1.29 is 4.79 Å². The van der Waals surface area contributed by atoms with Crippen molar-refractivity contribution in [2.75, 3.05) is 13.1 Å². The first-order valence-electron chi connectivity index (χ1n) is 8.06. The molecule has 1 N–H and O–H groups in total. The Morgan fingerprint density at radius 3 is 2.68 bits per heavy atom.